The van der Waals surface area contributed by atoms with Gasteiger partial charge in [-0.05, 0) is 6.42 Å². The highest BCUT2D eigenvalue weighted by Crippen LogP contribution is 2.31. The Kier molecular flexibility index (Phi) is 2.72. The summed E-state index contributed by atoms with van der Waals surface area (Å²) in [6.45, 7) is 0.171. The van der Waals surface area contributed by atoms with Crippen LogP contribution in [0.2, 0.25) is 5.15 Å². The Balaban J connectivity index is 2.06. The molecule has 2 aromatic heterocycles. The van der Waals surface area contributed by atoms with Gasteiger partial charge in [-0.15, -0.1) is 0 Å². The smallest absolute Gasteiger partial charge is 0.153 e. The Morgan fingerprint density at radius 3 is 3.06 bits per heavy atom. The van der Waals surface area contributed by atoms with Crippen molar-refractivity contribution in [2.45, 2.75) is 12.5 Å². The van der Waals surface area contributed by atoms with Gasteiger partial charge in [0.2, 0.25) is 0 Å². The molecule has 0 aliphatic heterocycles. The Hall–Kier alpha value is -1.59. The number of nitrogens with zero attached hydrogens (tertiary/aromatic N) is 3. The largest absolute Gasteiger partial charge is 0.396 e. The number of pyridine rings is 1. The molecule has 18 heavy (non-hydrogen) atoms. The molecule has 94 valence electrons. The molecule has 2 atom stereocenters. The summed E-state index contributed by atoms with van der Waals surface area (Å²) in [5.74, 6) is 0.555. The minimum absolute atomic E-state index is 0.171. The van der Waals surface area contributed by atoms with Gasteiger partial charge in [0.15, 0.2) is 5.82 Å². The SMILES string of the molecule is Nc1nc(Cl)cc2c1ncn2[C@@H]1C=C[C@@H](CO)C1. The van der Waals surface area contributed by atoms with Crippen LogP contribution in [0, 0.1) is 5.92 Å². The average molecular weight is 265 g/mol. The number of halogens is 1. The lowest BCUT2D eigenvalue weighted by atomic mass is 10.1. The first kappa shape index (κ1) is 11.5. The highest BCUT2D eigenvalue weighted by atomic mass is 35.5. The number of aliphatic hydroxyl groups is 1. The van der Waals surface area contributed by atoms with E-state index in [1.54, 1.807) is 12.4 Å². The number of rotatable bonds is 2. The van der Waals surface area contributed by atoms with Crippen molar-refractivity contribution in [1.82, 2.24) is 14.5 Å². The number of imidazole rings is 1. The fraction of sp³-hybridized carbons (Fsp3) is 0.333. The molecular weight excluding hydrogens is 252 g/mol. The van der Waals surface area contributed by atoms with Gasteiger partial charge in [-0.1, -0.05) is 23.8 Å². The van der Waals surface area contributed by atoms with Gasteiger partial charge in [-0.3, -0.25) is 0 Å². The molecule has 0 radical (unpaired) electrons. The van der Waals surface area contributed by atoms with Crippen molar-refractivity contribution < 1.29 is 5.11 Å². The van der Waals surface area contributed by atoms with Crippen molar-refractivity contribution in [3.8, 4) is 0 Å². The lowest BCUT2D eigenvalue weighted by Gasteiger charge is -2.13. The predicted molar refractivity (Wildman–Crippen MR) is 70.3 cm³/mol. The average Bonchev–Trinajstić information content (AvgIpc) is 2.93. The molecule has 0 unspecified atom stereocenters. The minimum atomic E-state index is 0.171. The van der Waals surface area contributed by atoms with E-state index in [1.807, 2.05) is 10.6 Å². The van der Waals surface area contributed by atoms with Gasteiger partial charge in [-0.2, -0.15) is 0 Å². The van der Waals surface area contributed by atoms with Gasteiger partial charge in [-0.25, -0.2) is 9.97 Å². The zero-order chi connectivity index (χ0) is 12.7. The summed E-state index contributed by atoms with van der Waals surface area (Å²) in [5.41, 5.74) is 7.34. The van der Waals surface area contributed by atoms with Crippen LogP contribution >= 0.6 is 11.6 Å². The van der Waals surface area contributed by atoms with Gasteiger partial charge in [0, 0.05) is 18.6 Å². The molecule has 6 heteroatoms. The fourth-order valence-electron chi connectivity index (χ4n) is 2.38. The Morgan fingerprint density at radius 2 is 2.33 bits per heavy atom. The van der Waals surface area contributed by atoms with Gasteiger partial charge in [0.1, 0.15) is 10.7 Å². The van der Waals surface area contributed by atoms with Crippen LogP contribution in [0.3, 0.4) is 0 Å². The van der Waals surface area contributed by atoms with Crippen molar-refractivity contribution >= 4 is 28.5 Å². The second kappa shape index (κ2) is 4.26. The van der Waals surface area contributed by atoms with Crippen LogP contribution in [0.15, 0.2) is 24.5 Å². The summed E-state index contributed by atoms with van der Waals surface area (Å²) < 4.78 is 2.02. The number of aromatic nitrogens is 3. The molecule has 0 saturated heterocycles. The third-order valence-corrected chi connectivity index (χ3v) is 3.49. The van der Waals surface area contributed by atoms with E-state index in [0.29, 0.717) is 16.5 Å². The lowest BCUT2D eigenvalue weighted by molar-refractivity contribution is 0.244. The summed E-state index contributed by atoms with van der Waals surface area (Å²) in [6, 6.07) is 1.95. The van der Waals surface area contributed by atoms with E-state index in [4.69, 9.17) is 22.4 Å². The van der Waals surface area contributed by atoms with Crippen molar-refractivity contribution in [2.75, 3.05) is 12.3 Å². The third kappa shape index (κ3) is 1.76. The van der Waals surface area contributed by atoms with E-state index in [9.17, 15) is 0 Å². The molecule has 3 rings (SSSR count). The van der Waals surface area contributed by atoms with E-state index in [2.05, 4.69) is 16.0 Å². The molecule has 0 fully saturated rings. The molecule has 2 aromatic rings. The zero-order valence-corrected chi connectivity index (χ0v) is 10.4. The van der Waals surface area contributed by atoms with Crippen LogP contribution in [0.5, 0.6) is 0 Å². The number of nitrogens with two attached hydrogens (primary N) is 1. The lowest BCUT2D eigenvalue weighted by Crippen LogP contribution is -2.07. The molecule has 0 bridgehead atoms. The zero-order valence-electron chi connectivity index (χ0n) is 9.62. The maximum Gasteiger partial charge on any atom is 0.153 e. The van der Waals surface area contributed by atoms with Crippen LogP contribution in [0.25, 0.3) is 11.0 Å². The molecule has 0 saturated carbocycles. The topological polar surface area (TPSA) is 77.0 Å². The molecule has 5 nitrogen and oxygen atoms in total. The van der Waals surface area contributed by atoms with E-state index in [0.717, 1.165) is 11.9 Å². The summed E-state index contributed by atoms with van der Waals surface area (Å²) in [5, 5.41) is 9.52. The second-order valence-electron chi connectivity index (χ2n) is 4.48. The van der Waals surface area contributed by atoms with Gasteiger partial charge in [0.25, 0.3) is 0 Å². The monoisotopic (exact) mass is 264 g/mol. The highest BCUT2D eigenvalue weighted by molar-refractivity contribution is 6.30. The summed E-state index contributed by atoms with van der Waals surface area (Å²) in [6.07, 6.45) is 6.71. The maximum atomic E-state index is 9.16. The van der Waals surface area contributed by atoms with Crippen LogP contribution < -0.4 is 5.73 Å². The molecule has 2 heterocycles. The highest BCUT2D eigenvalue weighted by Gasteiger charge is 2.21. The van der Waals surface area contributed by atoms with Crippen LogP contribution in [-0.2, 0) is 0 Å². The number of allylic oxidation sites excluding steroid dienone is 1. The Morgan fingerprint density at radius 1 is 1.50 bits per heavy atom. The first-order valence-corrected chi connectivity index (χ1v) is 6.14. The van der Waals surface area contributed by atoms with Crippen molar-refractivity contribution in [3.63, 3.8) is 0 Å². The quantitative estimate of drug-likeness (QED) is 0.640. The van der Waals surface area contributed by atoms with Crippen molar-refractivity contribution in [2.24, 2.45) is 5.92 Å². The Labute approximate surface area is 109 Å². The molecule has 0 aromatic carbocycles. The number of fused-ring (bicyclic) bond motifs is 1. The summed E-state index contributed by atoms with van der Waals surface area (Å²) in [4.78, 5) is 8.26. The summed E-state index contributed by atoms with van der Waals surface area (Å²) in [7, 11) is 0. The van der Waals surface area contributed by atoms with Gasteiger partial charge in [0.05, 0.1) is 17.9 Å². The first-order chi connectivity index (χ1) is 8.69. The van der Waals surface area contributed by atoms with E-state index < -0.39 is 0 Å². The predicted octanol–water partition coefficient (Wildman–Crippen LogP) is 1.78. The summed E-state index contributed by atoms with van der Waals surface area (Å²) >= 11 is 5.93. The standard InChI is InChI=1S/C12H13ClN4O/c13-10-4-9-11(12(14)16-10)15-6-17(9)8-2-1-7(3-8)5-18/h1-2,4,6-8,18H,3,5H2,(H2,14,16)/t7-,8-/m1/s1. The Bertz CT molecular complexity index is 622. The third-order valence-electron chi connectivity index (χ3n) is 3.30. The first-order valence-electron chi connectivity index (χ1n) is 5.77. The molecule has 0 spiro atoms. The van der Waals surface area contributed by atoms with Crippen LogP contribution in [0.1, 0.15) is 12.5 Å². The number of anilines is 1. The molecule has 1 aliphatic carbocycles. The van der Waals surface area contributed by atoms with E-state index in [1.165, 1.54) is 0 Å². The number of aliphatic hydroxyl groups excluding tert-OH is 1. The van der Waals surface area contributed by atoms with Crippen LogP contribution in [-0.4, -0.2) is 26.2 Å². The van der Waals surface area contributed by atoms with E-state index >= 15 is 0 Å². The number of hydrogen-bond donors (Lipinski definition) is 2. The molecule has 1 aliphatic rings. The number of nitrogen functional groups attached to an aromatic ring is 1. The van der Waals surface area contributed by atoms with Crippen LogP contribution in [0.4, 0.5) is 5.82 Å². The molecule has 0 amide bonds. The fourth-order valence-corrected chi connectivity index (χ4v) is 2.58. The van der Waals surface area contributed by atoms with Gasteiger partial charge < -0.3 is 15.4 Å². The maximum absolute atomic E-state index is 9.16. The molecular formula is C12H13ClN4O. The van der Waals surface area contributed by atoms with Crippen molar-refractivity contribution in [1.29, 1.82) is 0 Å². The van der Waals surface area contributed by atoms with E-state index in [-0.39, 0.29) is 18.6 Å². The molecule has 3 N–H and O–H groups in total. The number of hydrogen-bond acceptors (Lipinski definition) is 4. The van der Waals surface area contributed by atoms with Crippen molar-refractivity contribution in [3.05, 3.63) is 29.7 Å². The second-order valence-corrected chi connectivity index (χ2v) is 4.87. The normalized spacial score (nSPS) is 23.0. The minimum Gasteiger partial charge on any atom is -0.396 e. The van der Waals surface area contributed by atoms with Gasteiger partial charge >= 0.3 is 0 Å².